The van der Waals surface area contributed by atoms with Crippen LogP contribution < -0.4 is 0 Å². The van der Waals surface area contributed by atoms with E-state index < -0.39 is 40.6 Å². The number of hydrogen-bond acceptors (Lipinski definition) is 3. The quantitative estimate of drug-likeness (QED) is 0.629. The molecule has 0 saturated heterocycles. The molecule has 1 aromatic carbocycles. The standard InChI is InChI=1S/C23H20F4N2O3/c1-12-5-4-7-16(23(25,26)27)19(12)21(30)29-18-8-3-2-6-15(18)20(28-29)13-9-10-14(22(31)32)17(24)11-13/h5,9-11H,2-4,6-8H2,1H3,(H,31,32). The molecule has 0 unspecified atom stereocenters. The van der Waals surface area contributed by atoms with Gasteiger partial charge in [-0.1, -0.05) is 12.1 Å². The minimum absolute atomic E-state index is 0.203. The van der Waals surface area contributed by atoms with Crippen LogP contribution in [0.5, 0.6) is 0 Å². The third-order valence-electron chi connectivity index (χ3n) is 5.94. The Labute approximate surface area is 181 Å². The molecule has 168 valence electrons. The number of hydrogen-bond donors (Lipinski definition) is 1. The molecule has 4 rings (SSSR count). The number of rotatable bonds is 3. The summed E-state index contributed by atoms with van der Waals surface area (Å²) in [5.74, 6) is -3.21. The van der Waals surface area contributed by atoms with Crippen molar-refractivity contribution in [2.24, 2.45) is 0 Å². The van der Waals surface area contributed by atoms with Crippen molar-refractivity contribution >= 4 is 11.9 Å². The second-order valence-electron chi connectivity index (χ2n) is 7.97. The summed E-state index contributed by atoms with van der Waals surface area (Å²) in [5.41, 5.74) is 0.270. The third-order valence-corrected chi connectivity index (χ3v) is 5.94. The van der Waals surface area contributed by atoms with Crippen molar-refractivity contribution in [2.75, 3.05) is 0 Å². The zero-order valence-corrected chi connectivity index (χ0v) is 17.2. The summed E-state index contributed by atoms with van der Waals surface area (Å²) in [7, 11) is 0. The fraction of sp³-hybridized carbons (Fsp3) is 0.348. The SMILES string of the molecule is CC1=CCCC(C(F)(F)F)=C1C(=O)n1nc(-c2ccc(C(=O)O)c(F)c2)c2c1CCCC2. The third kappa shape index (κ3) is 3.76. The number of carboxylic acid groups (broad SMARTS) is 1. The van der Waals surface area contributed by atoms with E-state index in [1.807, 2.05) is 0 Å². The molecule has 0 amide bonds. The second-order valence-corrected chi connectivity index (χ2v) is 7.97. The van der Waals surface area contributed by atoms with E-state index in [2.05, 4.69) is 5.10 Å². The van der Waals surface area contributed by atoms with Crippen molar-refractivity contribution in [3.8, 4) is 11.3 Å². The minimum Gasteiger partial charge on any atom is -0.478 e. The summed E-state index contributed by atoms with van der Waals surface area (Å²) >= 11 is 0. The van der Waals surface area contributed by atoms with Crippen molar-refractivity contribution in [1.82, 2.24) is 9.78 Å². The lowest BCUT2D eigenvalue weighted by Crippen LogP contribution is -2.26. The van der Waals surface area contributed by atoms with Crippen LogP contribution in [-0.4, -0.2) is 32.9 Å². The molecular formula is C23H20F4N2O3. The maximum Gasteiger partial charge on any atom is 0.413 e. The number of halogens is 4. The zero-order chi connectivity index (χ0) is 23.2. The Hall–Kier alpha value is -3.23. The van der Waals surface area contributed by atoms with Crippen LogP contribution in [0.15, 0.2) is 41.0 Å². The number of aromatic nitrogens is 2. The van der Waals surface area contributed by atoms with Gasteiger partial charge < -0.3 is 5.11 Å². The van der Waals surface area contributed by atoms with Gasteiger partial charge in [-0.2, -0.15) is 23.0 Å². The van der Waals surface area contributed by atoms with E-state index >= 15 is 0 Å². The van der Waals surface area contributed by atoms with E-state index in [4.69, 9.17) is 5.11 Å². The first kappa shape index (κ1) is 22.0. The number of nitrogens with zero attached hydrogens (tertiary/aromatic N) is 2. The van der Waals surface area contributed by atoms with E-state index in [0.29, 0.717) is 24.1 Å². The first-order chi connectivity index (χ1) is 15.1. The van der Waals surface area contributed by atoms with Crippen LogP contribution in [0, 0.1) is 5.82 Å². The van der Waals surface area contributed by atoms with Gasteiger partial charge in [0.1, 0.15) is 5.82 Å². The molecule has 0 fully saturated rings. The van der Waals surface area contributed by atoms with Crippen molar-refractivity contribution in [3.63, 3.8) is 0 Å². The van der Waals surface area contributed by atoms with Crippen LogP contribution in [0.2, 0.25) is 0 Å². The molecule has 0 aliphatic heterocycles. The molecule has 1 heterocycles. The summed E-state index contributed by atoms with van der Waals surface area (Å²) in [4.78, 5) is 24.5. The Kier molecular flexibility index (Phi) is 5.52. The van der Waals surface area contributed by atoms with Gasteiger partial charge in [-0.05, 0) is 63.2 Å². The second kappa shape index (κ2) is 8.03. The number of alkyl halides is 3. The molecule has 2 aromatic rings. The largest absolute Gasteiger partial charge is 0.478 e. The normalized spacial score (nSPS) is 16.6. The van der Waals surface area contributed by atoms with Crippen LogP contribution in [0.3, 0.4) is 0 Å². The highest BCUT2D eigenvalue weighted by atomic mass is 19.4. The molecule has 1 N–H and O–H groups in total. The van der Waals surface area contributed by atoms with Gasteiger partial charge in [0.25, 0.3) is 5.91 Å². The minimum atomic E-state index is -4.63. The van der Waals surface area contributed by atoms with Crippen molar-refractivity contribution in [3.05, 3.63) is 63.6 Å². The van der Waals surface area contributed by atoms with Gasteiger partial charge in [-0.15, -0.1) is 0 Å². The van der Waals surface area contributed by atoms with Crippen LogP contribution in [0.4, 0.5) is 17.6 Å². The van der Waals surface area contributed by atoms with Gasteiger partial charge in [0.2, 0.25) is 0 Å². The molecule has 0 bridgehead atoms. The summed E-state index contributed by atoms with van der Waals surface area (Å²) in [5, 5.41) is 13.4. The van der Waals surface area contributed by atoms with Crippen molar-refractivity contribution < 1.29 is 32.3 Å². The maximum atomic E-state index is 14.3. The summed E-state index contributed by atoms with van der Waals surface area (Å²) < 4.78 is 56.2. The monoisotopic (exact) mass is 448 g/mol. The Balaban J connectivity index is 1.87. The predicted molar refractivity (Wildman–Crippen MR) is 108 cm³/mol. The average Bonchev–Trinajstić information content (AvgIpc) is 3.12. The van der Waals surface area contributed by atoms with E-state index in [1.165, 1.54) is 13.0 Å². The van der Waals surface area contributed by atoms with Crippen molar-refractivity contribution in [1.29, 1.82) is 0 Å². The Morgan fingerprint density at radius 1 is 1.12 bits per heavy atom. The molecule has 0 spiro atoms. The Morgan fingerprint density at radius 2 is 1.84 bits per heavy atom. The first-order valence-electron chi connectivity index (χ1n) is 10.3. The van der Waals surface area contributed by atoms with E-state index in [1.54, 1.807) is 6.08 Å². The number of carboxylic acids is 1. The summed E-state index contributed by atoms with van der Waals surface area (Å²) in [6.45, 7) is 1.48. The van der Waals surface area contributed by atoms with Crippen LogP contribution in [0.1, 0.15) is 59.0 Å². The highest BCUT2D eigenvalue weighted by molar-refractivity contribution is 6.01. The van der Waals surface area contributed by atoms with Gasteiger partial charge in [-0.3, -0.25) is 4.79 Å². The fourth-order valence-electron chi connectivity index (χ4n) is 4.42. The molecular weight excluding hydrogens is 428 g/mol. The topological polar surface area (TPSA) is 72.2 Å². The Morgan fingerprint density at radius 3 is 2.50 bits per heavy atom. The van der Waals surface area contributed by atoms with E-state index in [-0.39, 0.29) is 29.7 Å². The molecule has 9 heteroatoms. The van der Waals surface area contributed by atoms with Crippen LogP contribution >= 0.6 is 0 Å². The van der Waals surface area contributed by atoms with Gasteiger partial charge in [-0.25, -0.2) is 9.18 Å². The molecule has 0 atom stereocenters. The van der Waals surface area contributed by atoms with E-state index in [0.717, 1.165) is 29.7 Å². The van der Waals surface area contributed by atoms with Gasteiger partial charge >= 0.3 is 12.1 Å². The lowest BCUT2D eigenvalue weighted by Gasteiger charge is -2.22. The van der Waals surface area contributed by atoms with Gasteiger partial charge in [0.15, 0.2) is 0 Å². The smallest absolute Gasteiger partial charge is 0.413 e. The highest BCUT2D eigenvalue weighted by Crippen LogP contribution is 2.39. The first-order valence-corrected chi connectivity index (χ1v) is 10.3. The summed E-state index contributed by atoms with van der Waals surface area (Å²) in [6, 6.07) is 3.54. The molecule has 32 heavy (non-hydrogen) atoms. The number of aromatic carboxylic acids is 1. The maximum absolute atomic E-state index is 14.3. The van der Waals surface area contributed by atoms with Gasteiger partial charge in [0.05, 0.1) is 22.5 Å². The zero-order valence-electron chi connectivity index (χ0n) is 17.2. The van der Waals surface area contributed by atoms with E-state index in [9.17, 15) is 27.2 Å². The number of benzene rings is 1. The van der Waals surface area contributed by atoms with Crippen LogP contribution in [-0.2, 0) is 12.8 Å². The van der Waals surface area contributed by atoms with Gasteiger partial charge in [0, 0.05) is 16.7 Å². The number of carbonyl (C=O) groups is 2. The number of carbonyl (C=O) groups excluding carboxylic acids is 1. The molecule has 0 saturated carbocycles. The molecule has 2 aliphatic rings. The predicted octanol–water partition coefficient (Wildman–Crippen LogP) is 5.51. The Bertz CT molecular complexity index is 1190. The number of fused-ring (bicyclic) bond motifs is 1. The molecule has 5 nitrogen and oxygen atoms in total. The van der Waals surface area contributed by atoms with Crippen molar-refractivity contribution in [2.45, 2.75) is 51.6 Å². The molecule has 2 aliphatic carbocycles. The lowest BCUT2D eigenvalue weighted by atomic mass is 9.90. The average molecular weight is 448 g/mol. The fourth-order valence-corrected chi connectivity index (χ4v) is 4.42. The van der Waals surface area contributed by atoms with Crippen LogP contribution in [0.25, 0.3) is 11.3 Å². The number of allylic oxidation sites excluding steroid dienone is 4. The summed E-state index contributed by atoms with van der Waals surface area (Å²) in [6.07, 6.45) is -0.551. The highest BCUT2D eigenvalue weighted by Gasteiger charge is 2.40. The molecule has 0 radical (unpaired) electrons. The lowest BCUT2D eigenvalue weighted by molar-refractivity contribution is -0.0948. The molecule has 1 aromatic heterocycles.